The number of hydrogen-bond acceptors (Lipinski definition) is 2. The minimum Gasteiger partial charge on any atom is -0.497 e. The van der Waals surface area contributed by atoms with Gasteiger partial charge in [0.05, 0.1) is 19.4 Å². The average molecular weight is 298 g/mol. The molecule has 0 saturated heterocycles. The van der Waals surface area contributed by atoms with Crippen LogP contribution in [0.2, 0.25) is 0 Å². The second kappa shape index (κ2) is 5.64. The van der Waals surface area contributed by atoms with E-state index in [1.807, 2.05) is 0 Å². The Balaban J connectivity index is 3.21. The molecule has 1 N–H and O–H groups in total. The van der Waals surface area contributed by atoms with E-state index in [1.165, 1.54) is 19.2 Å². The lowest BCUT2D eigenvalue weighted by Gasteiger charge is -2.28. The van der Waals surface area contributed by atoms with Crippen LogP contribution >= 0.6 is 0 Å². The molecule has 0 spiro atoms. The van der Waals surface area contributed by atoms with Gasteiger partial charge in [-0.1, -0.05) is 12.1 Å². The van der Waals surface area contributed by atoms with E-state index in [0.717, 1.165) is 12.1 Å². The maximum absolute atomic E-state index is 13.4. The van der Waals surface area contributed by atoms with Crippen molar-refractivity contribution in [3.63, 3.8) is 0 Å². The number of ether oxygens (including phenoxy) is 1. The van der Waals surface area contributed by atoms with Gasteiger partial charge >= 0.3 is 18.1 Å². The van der Waals surface area contributed by atoms with E-state index in [9.17, 15) is 26.7 Å². The minimum atomic E-state index is -5.83. The molecule has 1 unspecified atom stereocenters. The van der Waals surface area contributed by atoms with Gasteiger partial charge in [0.25, 0.3) is 0 Å². The van der Waals surface area contributed by atoms with E-state index in [-0.39, 0.29) is 5.75 Å². The van der Waals surface area contributed by atoms with Crippen molar-refractivity contribution in [2.75, 3.05) is 7.11 Å². The van der Waals surface area contributed by atoms with Gasteiger partial charge in [0, 0.05) is 0 Å². The zero-order valence-corrected chi connectivity index (χ0v) is 10.2. The minimum absolute atomic E-state index is 0.262. The van der Waals surface area contributed by atoms with Crippen molar-refractivity contribution in [1.29, 1.82) is 0 Å². The number of alkyl halides is 5. The van der Waals surface area contributed by atoms with Crippen molar-refractivity contribution < 1.29 is 36.6 Å². The Hall–Kier alpha value is -1.86. The Morgan fingerprint density at radius 2 is 1.70 bits per heavy atom. The van der Waals surface area contributed by atoms with Crippen LogP contribution in [0, 0.1) is 0 Å². The molecule has 0 saturated carbocycles. The van der Waals surface area contributed by atoms with E-state index in [2.05, 4.69) is 0 Å². The topological polar surface area (TPSA) is 46.5 Å². The van der Waals surface area contributed by atoms with Gasteiger partial charge in [-0.2, -0.15) is 22.0 Å². The van der Waals surface area contributed by atoms with Crippen molar-refractivity contribution >= 4 is 5.97 Å². The lowest BCUT2D eigenvalue weighted by atomic mass is 9.89. The van der Waals surface area contributed by atoms with Gasteiger partial charge in [-0.25, -0.2) is 0 Å². The van der Waals surface area contributed by atoms with Gasteiger partial charge in [-0.05, 0) is 17.7 Å². The smallest absolute Gasteiger partial charge is 0.453 e. The monoisotopic (exact) mass is 298 g/mol. The van der Waals surface area contributed by atoms with Gasteiger partial charge in [0.2, 0.25) is 0 Å². The van der Waals surface area contributed by atoms with Gasteiger partial charge in [-0.3, -0.25) is 4.79 Å². The molecule has 1 aromatic carbocycles. The fourth-order valence-corrected chi connectivity index (χ4v) is 1.66. The van der Waals surface area contributed by atoms with Crippen LogP contribution in [0.15, 0.2) is 24.3 Å². The number of benzene rings is 1. The van der Waals surface area contributed by atoms with E-state index in [4.69, 9.17) is 9.84 Å². The highest BCUT2D eigenvalue weighted by Crippen LogP contribution is 2.47. The van der Waals surface area contributed by atoms with E-state index in [1.54, 1.807) is 0 Å². The summed E-state index contributed by atoms with van der Waals surface area (Å²) in [5, 5.41) is 8.55. The summed E-state index contributed by atoms with van der Waals surface area (Å²) in [6.07, 6.45) is -7.16. The molecule has 0 aliphatic carbocycles. The first kappa shape index (κ1) is 16.2. The quantitative estimate of drug-likeness (QED) is 0.847. The number of rotatable bonds is 5. The predicted molar refractivity (Wildman–Crippen MR) is 59.0 cm³/mol. The molecule has 0 amide bonds. The van der Waals surface area contributed by atoms with Crippen LogP contribution < -0.4 is 4.74 Å². The number of carboxylic acids is 1. The normalized spacial score (nSPS) is 13.9. The van der Waals surface area contributed by atoms with Crippen LogP contribution in [-0.2, 0) is 4.79 Å². The van der Waals surface area contributed by atoms with Gasteiger partial charge in [0.1, 0.15) is 5.75 Å². The molecule has 3 nitrogen and oxygen atoms in total. The fourth-order valence-electron chi connectivity index (χ4n) is 1.66. The Labute approximate surface area is 111 Å². The molecule has 0 aliphatic heterocycles. The van der Waals surface area contributed by atoms with Crippen molar-refractivity contribution in [1.82, 2.24) is 0 Å². The molecule has 0 heterocycles. The van der Waals surface area contributed by atoms with Crippen molar-refractivity contribution in [2.24, 2.45) is 0 Å². The Bertz CT molecular complexity index is 467. The number of carbonyl (C=O) groups is 1. The first-order valence-electron chi connectivity index (χ1n) is 5.40. The summed E-state index contributed by atoms with van der Waals surface area (Å²) >= 11 is 0. The third kappa shape index (κ3) is 3.37. The summed E-state index contributed by atoms with van der Waals surface area (Å²) < 4.78 is 68.8. The molecule has 20 heavy (non-hydrogen) atoms. The number of halogens is 5. The zero-order chi connectivity index (χ0) is 15.6. The largest absolute Gasteiger partial charge is 0.497 e. The maximum atomic E-state index is 13.4. The first-order valence-corrected chi connectivity index (χ1v) is 5.40. The molecular formula is C12H11F5O3. The fraction of sp³-hybridized carbons (Fsp3) is 0.417. The second-order valence-corrected chi connectivity index (χ2v) is 4.04. The maximum Gasteiger partial charge on any atom is 0.453 e. The summed E-state index contributed by atoms with van der Waals surface area (Å²) in [5.74, 6) is -9.11. The molecule has 0 fully saturated rings. The van der Waals surface area contributed by atoms with Crippen LogP contribution in [0.5, 0.6) is 5.75 Å². The van der Waals surface area contributed by atoms with Gasteiger partial charge < -0.3 is 9.84 Å². The van der Waals surface area contributed by atoms with E-state index >= 15 is 0 Å². The Morgan fingerprint density at radius 3 is 2.05 bits per heavy atom. The Morgan fingerprint density at radius 1 is 1.20 bits per heavy atom. The van der Waals surface area contributed by atoms with Crippen molar-refractivity contribution in [2.45, 2.75) is 24.4 Å². The molecule has 1 rings (SSSR count). The molecule has 1 aromatic rings. The Kier molecular flexibility index (Phi) is 4.57. The lowest BCUT2D eigenvalue weighted by Crippen LogP contribution is -2.43. The highest BCUT2D eigenvalue weighted by Gasteiger charge is 2.62. The van der Waals surface area contributed by atoms with Gasteiger partial charge in [-0.15, -0.1) is 0 Å². The summed E-state index contributed by atoms with van der Waals surface area (Å²) in [6.45, 7) is 0. The van der Waals surface area contributed by atoms with Crippen LogP contribution in [0.3, 0.4) is 0 Å². The third-order valence-corrected chi connectivity index (χ3v) is 2.71. The average Bonchev–Trinajstić information content (AvgIpc) is 2.34. The molecular weight excluding hydrogens is 287 g/mol. The molecule has 0 bridgehead atoms. The number of methoxy groups -OCH3 is 1. The molecule has 112 valence electrons. The molecule has 0 aromatic heterocycles. The molecule has 0 aliphatic rings. The molecule has 1 atom stereocenters. The lowest BCUT2D eigenvalue weighted by molar-refractivity contribution is -0.291. The van der Waals surface area contributed by atoms with E-state index < -0.39 is 36.0 Å². The number of hydrogen-bond donors (Lipinski definition) is 1. The summed E-state index contributed by atoms with van der Waals surface area (Å²) in [4.78, 5) is 10.6. The first-order chi connectivity index (χ1) is 9.09. The summed E-state index contributed by atoms with van der Waals surface area (Å²) in [5.41, 5.74) is -0.421. The SMILES string of the molecule is COc1ccc(C(CC(=O)O)C(F)(F)C(F)(F)F)cc1. The zero-order valence-electron chi connectivity index (χ0n) is 10.2. The van der Waals surface area contributed by atoms with Crippen LogP contribution in [0.1, 0.15) is 17.9 Å². The van der Waals surface area contributed by atoms with Gasteiger partial charge in [0.15, 0.2) is 0 Å². The summed E-state index contributed by atoms with van der Waals surface area (Å²) in [6, 6.07) is 4.37. The highest BCUT2D eigenvalue weighted by molar-refractivity contribution is 5.68. The molecule has 0 radical (unpaired) electrons. The molecule has 8 heteroatoms. The summed E-state index contributed by atoms with van der Waals surface area (Å²) in [7, 11) is 1.30. The second-order valence-electron chi connectivity index (χ2n) is 4.04. The van der Waals surface area contributed by atoms with E-state index in [0.29, 0.717) is 0 Å². The van der Waals surface area contributed by atoms with Crippen LogP contribution in [0.4, 0.5) is 22.0 Å². The predicted octanol–water partition coefficient (Wildman–Crippen LogP) is 3.45. The highest BCUT2D eigenvalue weighted by atomic mass is 19.4. The van der Waals surface area contributed by atoms with Crippen LogP contribution in [0.25, 0.3) is 0 Å². The van der Waals surface area contributed by atoms with Crippen molar-refractivity contribution in [3.8, 4) is 5.75 Å². The van der Waals surface area contributed by atoms with Crippen LogP contribution in [-0.4, -0.2) is 30.3 Å². The third-order valence-electron chi connectivity index (χ3n) is 2.71. The number of carboxylic acid groups (broad SMARTS) is 1. The standard InChI is InChI=1S/C12H11F5O3/c1-20-8-4-2-7(3-5-8)9(6-10(18)19)11(13,14)12(15,16)17/h2-5,9H,6H2,1H3,(H,18,19). The number of aliphatic carboxylic acids is 1. The van der Waals surface area contributed by atoms with Crippen molar-refractivity contribution in [3.05, 3.63) is 29.8 Å².